The Morgan fingerprint density at radius 3 is 2.36 bits per heavy atom. The van der Waals surface area contributed by atoms with Crippen LogP contribution in [0.25, 0.3) is 0 Å². The molecule has 0 radical (unpaired) electrons. The molecule has 0 spiro atoms. The van der Waals surface area contributed by atoms with Gasteiger partial charge < -0.3 is 4.74 Å². The number of Topliss-reactive ketones (excluding diaryl/α,β-unsaturated/α-hetero) is 1. The van der Waals surface area contributed by atoms with Crippen LogP contribution in [0.5, 0.6) is 0 Å². The Balaban J connectivity index is 3.55. The van der Waals surface area contributed by atoms with Crippen molar-refractivity contribution in [2.75, 3.05) is 6.61 Å². The fourth-order valence-corrected chi connectivity index (χ4v) is 0.476. The highest BCUT2D eigenvalue weighted by Crippen LogP contribution is 1.98. The predicted octanol–water partition coefficient (Wildman–Crippen LogP) is 2.15. The molecule has 64 valence electrons. The van der Waals surface area contributed by atoms with Gasteiger partial charge >= 0.3 is 0 Å². The minimum Gasteiger partial charge on any atom is -0.501 e. The number of ether oxygens (including phenoxy) is 1. The molecule has 0 bridgehead atoms. The van der Waals surface area contributed by atoms with Gasteiger partial charge in [0.25, 0.3) is 0 Å². The van der Waals surface area contributed by atoms with Crippen molar-refractivity contribution in [3.8, 4) is 0 Å². The molecule has 0 aromatic rings. The van der Waals surface area contributed by atoms with Gasteiger partial charge in [0.2, 0.25) is 0 Å². The maximum Gasteiger partial charge on any atom is 0.136 e. The van der Waals surface area contributed by atoms with E-state index in [2.05, 4.69) is 0 Å². The zero-order valence-electron chi connectivity index (χ0n) is 7.68. The van der Waals surface area contributed by atoms with E-state index < -0.39 is 0 Å². The normalized spacial score (nSPS) is 12.0. The Hall–Kier alpha value is -0.790. The third-order valence-corrected chi connectivity index (χ3v) is 1.36. The van der Waals surface area contributed by atoms with Gasteiger partial charge in [0.1, 0.15) is 5.78 Å². The summed E-state index contributed by atoms with van der Waals surface area (Å²) >= 11 is 0. The molecule has 0 aliphatic heterocycles. The van der Waals surface area contributed by atoms with Crippen molar-refractivity contribution in [3.63, 3.8) is 0 Å². The van der Waals surface area contributed by atoms with Gasteiger partial charge in [-0.1, -0.05) is 6.92 Å². The lowest BCUT2D eigenvalue weighted by molar-refractivity contribution is -0.121. The van der Waals surface area contributed by atoms with E-state index in [0.29, 0.717) is 6.61 Å². The fourth-order valence-electron chi connectivity index (χ4n) is 0.476. The Kier molecular flexibility index (Phi) is 4.59. The van der Waals surface area contributed by atoms with Crippen LogP contribution in [0.15, 0.2) is 11.8 Å². The first-order valence-electron chi connectivity index (χ1n) is 3.79. The lowest BCUT2D eigenvalue weighted by Crippen LogP contribution is -2.11. The number of hydrogen-bond donors (Lipinski definition) is 0. The van der Waals surface area contributed by atoms with Crippen LogP contribution in [0.3, 0.4) is 0 Å². The first-order valence-corrected chi connectivity index (χ1v) is 3.79. The van der Waals surface area contributed by atoms with Crippen LogP contribution in [-0.4, -0.2) is 12.4 Å². The number of rotatable bonds is 4. The molecule has 1 unspecified atom stereocenters. The third-order valence-electron chi connectivity index (χ3n) is 1.36. The Bertz CT molecular complexity index is 155. The van der Waals surface area contributed by atoms with E-state index in [4.69, 9.17) is 4.74 Å². The molecule has 0 rings (SSSR count). The van der Waals surface area contributed by atoms with Crippen molar-refractivity contribution in [1.82, 2.24) is 0 Å². The van der Waals surface area contributed by atoms with Gasteiger partial charge in [-0.05, 0) is 26.3 Å². The maximum atomic E-state index is 10.7. The summed E-state index contributed by atoms with van der Waals surface area (Å²) in [5.41, 5.74) is 1.11. The molecule has 0 heterocycles. The van der Waals surface area contributed by atoms with Crippen LogP contribution in [-0.2, 0) is 9.53 Å². The van der Waals surface area contributed by atoms with E-state index >= 15 is 0 Å². The largest absolute Gasteiger partial charge is 0.501 e. The summed E-state index contributed by atoms with van der Waals surface area (Å²) in [4.78, 5) is 10.7. The third kappa shape index (κ3) is 5.64. The molecule has 2 heteroatoms. The summed E-state index contributed by atoms with van der Waals surface area (Å²) in [6.45, 7) is 7.84. The number of allylic oxidation sites excluding steroid dienone is 1. The molecule has 11 heavy (non-hydrogen) atoms. The summed E-state index contributed by atoms with van der Waals surface area (Å²) in [6, 6.07) is 0. The van der Waals surface area contributed by atoms with Crippen molar-refractivity contribution >= 4 is 5.78 Å². The van der Waals surface area contributed by atoms with E-state index in [1.54, 1.807) is 13.2 Å². The van der Waals surface area contributed by atoms with Crippen LogP contribution in [0.4, 0.5) is 0 Å². The predicted molar refractivity (Wildman–Crippen MR) is 45.2 cm³/mol. The summed E-state index contributed by atoms with van der Waals surface area (Å²) in [5.74, 6) is 0.178. The second kappa shape index (κ2) is 4.94. The SMILES string of the molecule is CC(=O)C(C)COC=C(C)C. The van der Waals surface area contributed by atoms with Crippen molar-refractivity contribution in [2.45, 2.75) is 27.7 Å². The van der Waals surface area contributed by atoms with E-state index in [0.717, 1.165) is 5.57 Å². The molecular formula is C9H16O2. The van der Waals surface area contributed by atoms with Gasteiger partial charge in [-0.2, -0.15) is 0 Å². The minimum absolute atomic E-state index is 0.00519. The standard InChI is InChI=1S/C9H16O2/c1-7(2)5-11-6-8(3)9(4)10/h5,8H,6H2,1-4H3. The summed E-state index contributed by atoms with van der Waals surface area (Å²) < 4.78 is 5.14. The van der Waals surface area contributed by atoms with Gasteiger partial charge in [0, 0.05) is 5.92 Å². The summed E-state index contributed by atoms with van der Waals surface area (Å²) in [7, 11) is 0. The summed E-state index contributed by atoms with van der Waals surface area (Å²) in [5, 5.41) is 0. The highest BCUT2D eigenvalue weighted by molar-refractivity contribution is 5.77. The Morgan fingerprint density at radius 2 is 2.00 bits per heavy atom. The average molecular weight is 156 g/mol. The first kappa shape index (κ1) is 10.2. The minimum atomic E-state index is 0.00519. The lowest BCUT2D eigenvalue weighted by atomic mass is 10.1. The van der Waals surface area contributed by atoms with E-state index in [1.165, 1.54) is 0 Å². The highest BCUT2D eigenvalue weighted by Gasteiger charge is 2.05. The molecule has 1 atom stereocenters. The number of carbonyl (C=O) groups is 1. The molecule has 0 amide bonds. The second-order valence-electron chi connectivity index (χ2n) is 3.04. The zero-order valence-corrected chi connectivity index (χ0v) is 7.68. The molecule has 0 saturated heterocycles. The van der Waals surface area contributed by atoms with Crippen molar-refractivity contribution in [1.29, 1.82) is 0 Å². The molecule has 0 aromatic carbocycles. The van der Waals surface area contributed by atoms with Gasteiger partial charge in [-0.25, -0.2) is 0 Å². The molecule has 0 fully saturated rings. The molecule has 0 N–H and O–H groups in total. The first-order chi connectivity index (χ1) is 5.04. The van der Waals surface area contributed by atoms with Crippen molar-refractivity contribution in [2.24, 2.45) is 5.92 Å². The molecule has 0 aliphatic rings. The van der Waals surface area contributed by atoms with E-state index in [-0.39, 0.29) is 11.7 Å². The van der Waals surface area contributed by atoms with E-state index in [1.807, 2.05) is 20.8 Å². The number of carbonyl (C=O) groups excluding carboxylic acids is 1. The van der Waals surface area contributed by atoms with Crippen LogP contribution in [0.1, 0.15) is 27.7 Å². The van der Waals surface area contributed by atoms with Crippen LogP contribution in [0.2, 0.25) is 0 Å². The Labute approximate surface area is 68.2 Å². The monoisotopic (exact) mass is 156 g/mol. The van der Waals surface area contributed by atoms with Crippen molar-refractivity contribution < 1.29 is 9.53 Å². The number of hydrogen-bond acceptors (Lipinski definition) is 2. The molecule has 2 nitrogen and oxygen atoms in total. The molecule has 0 saturated carbocycles. The Morgan fingerprint density at radius 1 is 1.45 bits per heavy atom. The smallest absolute Gasteiger partial charge is 0.136 e. The zero-order chi connectivity index (χ0) is 8.85. The van der Waals surface area contributed by atoms with E-state index in [9.17, 15) is 4.79 Å². The average Bonchev–Trinajstić information content (AvgIpc) is 1.86. The maximum absolute atomic E-state index is 10.7. The van der Waals surface area contributed by atoms with Gasteiger partial charge in [0.15, 0.2) is 0 Å². The quantitative estimate of drug-likeness (QED) is 0.583. The number of ketones is 1. The van der Waals surface area contributed by atoms with Crippen LogP contribution in [0, 0.1) is 5.92 Å². The van der Waals surface area contributed by atoms with Crippen molar-refractivity contribution in [3.05, 3.63) is 11.8 Å². The van der Waals surface area contributed by atoms with Gasteiger partial charge in [-0.15, -0.1) is 0 Å². The van der Waals surface area contributed by atoms with Gasteiger partial charge in [-0.3, -0.25) is 4.79 Å². The molecule has 0 aliphatic carbocycles. The summed E-state index contributed by atoms with van der Waals surface area (Å²) in [6.07, 6.45) is 1.68. The highest BCUT2D eigenvalue weighted by atomic mass is 16.5. The van der Waals surface area contributed by atoms with Gasteiger partial charge in [0.05, 0.1) is 12.9 Å². The second-order valence-corrected chi connectivity index (χ2v) is 3.04. The van der Waals surface area contributed by atoms with Crippen LogP contribution < -0.4 is 0 Å². The lowest BCUT2D eigenvalue weighted by Gasteiger charge is -2.06. The fraction of sp³-hybridized carbons (Fsp3) is 0.667. The van der Waals surface area contributed by atoms with Crippen LogP contribution >= 0.6 is 0 Å². The molecular weight excluding hydrogens is 140 g/mol. The molecule has 0 aromatic heterocycles. The topological polar surface area (TPSA) is 26.3 Å².